The van der Waals surface area contributed by atoms with Crippen molar-refractivity contribution in [1.29, 1.82) is 0 Å². The predicted octanol–water partition coefficient (Wildman–Crippen LogP) is 3.48. The molecule has 2 rings (SSSR count). The highest BCUT2D eigenvalue weighted by Gasteiger charge is 2.20. The molecule has 0 fully saturated rings. The summed E-state index contributed by atoms with van der Waals surface area (Å²) in [6.45, 7) is 7.56. The van der Waals surface area contributed by atoms with E-state index in [0.717, 1.165) is 18.1 Å². The van der Waals surface area contributed by atoms with Crippen LogP contribution in [0.15, 0.2) is 30.9 Å². The molecule has 0 N–H and O–H groups in total. The molecule has 0 bridgehead atoms. The van der Waals surface area contributed by atoms with Crippen molar-refractivity contribution < 1.29 is 8.78 Å². The van der Waals surface area contributed by atoms with Gasteiger partial charge in [-0.05, 0) is 35.6 Å². The molecule has 2 heteroatoms. The molecule has 0 amide bonds. The zero-order valence-electron chi connectivity index (χ0n) is 7.74. The van der Waals surface area contributed by atoms with Gasteiger partial charge in [-0.2, -0.15) is 0 Å². The van der Waals surface area contributed by atoms with Crippen molar-refractivity contribution in [2.75, 3.05) is 0 Å². The third kappa shape index (κ3) is 1.27. The van der Waals surface area contributed by atoms with Crippen LogP contribution >= 0.6 is 0 Å². The van der Waals surface area contributed by atoms with Gasteiger partial charge < -0.3 is 0 Å². The van der Waals surface area contributed by atoms with Crippen molar-refractivity contribution in [2.24, 2.45) is 0 Å². The number of halogens is 2. The number of aryl methyl sites for hydroxylation is 1. The SMILES string of the molecule is C=C1CCc2cc(F)cc(F)c2C1=C. The lowest BCUT2D eigenvalue weighted by atomic mass is 9.85. The summed E-state index contributed by atoms with van der Waals surface area (Å²) >= 11 is 0. The Labute approximate surface area is 81.6 Å². The lowest BCUT2D eigenvalue weighted by molar-refractivity contribution is 0.575. The monoisotopic (exact) mass is 192 g/mol. The summed E-state index contributed by atoms with van der Waals surface area (Å²) in [7, 11) is 0. The Hall–Kier alpha value is -1.44. The summed E-state index contributed by atoms with van der Waals surface area (Å²) in [5.74, 6) is -1.06. The number of fused-ring (bicyclic) bond motifs is 1. The van der Waals surface area contributed by atoms with Crippen molar-refractivity contribution in [2.45, 2.75) is 12.8 Å². The third-order valence-corrected chi connectivity index (χ3v) is 2.56. The molecule has 1 aromatic rings. The molecule has 0 saturated heterocycles. The number of allylic oxidation sites excluding steroid dienone is 2. The molecule has 1 aliphatic carbocycles. The Kier molecular flexibility index (Phi) is 1.99. The first kappa shape index (κ1) is 9.13. The maximum absolute atomic E-state index is 13.4. The predicted molar refractivity (Wildman–Crippen MR) is 52.9 cm³/mol. The number of hydrogen-bond donors (Lipinski definition) is 0. The third-order valence-electron chi connectivity index (χ3n) is 2.56. The summed E-state index contributed by atoms with van der Waals surface area (Å²) in [4.78, 5) is 0. The number of rotatable bonds is 0. The lowest BCUT2D eigenvalue weighted by Crippen LogP contribution is -2.06. The molecule has 1 aliphatic rings. The first-order valence-electron chi connectivity index (χ1n) is 4.45. The van der Waals surface area contributed by atoms with E-state index in [1.807, 2.05) is 0 Å². The van der Waals surface area contributed by atoms with E-state index in [0.29, 0.717) is 23.1 Å². The van der Waals surface area contributed by atoms with Crippen molar-refractivity contribution in [3.63, 3.8) is 0 Å². The first-order chi connectivity index (χ1) is 6.59. The Morgan fingerprint density at radius 1 is 1.07 bits per heavy atom. The second kappa shape index (κ2) is 3.05. The van der Waals surface area contributed by atoms with E-state index in [1.165, 1.54) is 6.07 Å². The van der Waals surface area contributed by atoms with Crippen molar-refractivity contribution in [3.8, 4) is 0 Å². The number of hydrogen-bond acceptors (Lipinski definition) is 0. The zero-order valence-corrected chi connectivity index (χ0v) is 7.74. The van der Waals surface area contributed by atoms with E-state index in [1.54, 1.807) is 0 Å². The molecule has 0 spiro atoms. The maximum Gasteiger partial charge on any atom is 0.134 e. The maximum atomic E-state index is 13.4. The molecule has 0 atom stereocenters. The molecule has 0 aromatic heterocycles. The van der Waals surface area contributed by atoms with Crippen LogP contribution in [0.2, 0.25) is 0 Å². The van der Waals surface area contributed by atoms with Gasteiger partial charge in [0, 0.05) is 11.6 Å². The fraction of sp³-hybridized carbons (Fsp3) is 0.167. The van der Waals surface area contributed by atoms with Crippen LogP contribution in [0, 0.1) is 11.6 Å². The molecule has 1 aromatic carbocycles. The van der Waals surface area contributed by atoms with Crippen LogP contribution in [0.25, 0.3) is 5.57 Å². The molecule has 14 heavy (non-hydrogen) atoms. The molecule has 72 valence electrons. The topological polar surface area (TPSA) is 0 Å². The van der Waals surface area contributed by atoms with E-state index < -0.39 is 11.6 Å². The first-order valence-corrected chi connectivity index (χ1v) is 4.45. The molecular weight excluding hydrogens is 182 g/mol. The van der Waals surface area contributed by atoms with Crippen LogP contribution < -0.4 is 0 Å². The minimum absolute atomic E-state index is 0.433. The van der Waals surface area contributed by atoms with E-state index in [4.69, 9.17) is 0 Å². The standard InChI is InChI=1S/C12H10F2/c1-7-3-4-9-5-10(13)6-11(14)12(9)8(7)2/h5-6H,1-4H2. The number of benzene rings is 1. The van der Waals surface area contributed by atoms with Crippen LogP contribution in [0.4, 0.5) is 8.78 Å². The van der Waals surface area contributed by atoms with E-state index >= 15 is 0 Å². The van der Waals surface area contributed by atoms with Gasteiger partial charge >= 0.3 is 0 Å². The van der Waals surface area contributed by atoms with Gasteiger partial charge in [-0.1, -0.05) is 13.2 Å². The van der Waals surface area contributed by atoms with Crippen molar-refractivity contribution in [1.82, 2.24) is 0 Å². The van der Waals surface area contributed by atoms with Crippen LogP contribution in [0.5, 0.6) is 0 Å². The highest BCUT2D eigenvalue weighted by atomic mass is 19.1. The zero-order chi connectivity index (χ0) is 10.3. The highest BCUT2D eigenvalue weighted by Crippen LogP contribution is 2.34. The summed E-state index contributed by atoms with van der Waals surface area (Å²) in [5, 5.41) is 0. The van der Waals surface area contributed by atoms with Gasteiger partial charge in [0.15, 0.2) is 0 Å². The van der Waals surface area contributed by atoms with Gasteiger partial charge in [0.05, 0.1) is 0 Å². The summed E-state index contributed by atoms with van der Waals surface area (Å²) in [5.41, 5.74) is 2.56. The second-order valence-electron chi connectivity index (χ2n) is 3.50. The summed E-state index contributed by atoms with van der Waals surface area (Å²) in [6.07, 6.45) is 1.37. The van der Waals surface area contributed by atoms with Gasteiger partial charge in [0.2, 0.25) is 0 Å². The molecular formula is C12H10F2. The van der Waals surface area contributed by atoms with E-state index in [9.17, 15) is 8.78 Å². The fourth-order valence-electron chi connectivity index (χ4n) is 1.78. The van der Waals surface area contributed by atoms with Crippen molar-refractivity contribution in [3.05, 3.63) is 53.6 Å². The lowest BCUT2D eigenvalue weighted by Gasteiger charge is -2.20. The highest BCUT2D eigenvalue weighted by molar-refractivity contribution is 5.80. The average molecular weight is 192 g/mol. The molecule has 0 aliphatic heterocycles. The van der Waals surface area contributed by atoms with Crippen LogP contribution in [-0.2, 0) is 6.42 Å². The van der Waals surface area contributed by atoms with Gasteiger partial charge in [0.1, 0.15) is 11.6 Å². The van der Waals surface area contributed by atoms with E-state index in [-0.39, 0.29) is 0 Å². The Morgan fingerprint density at radius 3 is 2.50 bits per heavy atom. The molecule has 0 radical (unpaired) electrons. The van der Waals surface area contributed by atoms with Crippen LogP contribution in [-0.4, -0.2) is 0 Å². The normalized spacial score (nSPS) is 15.6. The molecule has 0 nitrogen and oxygen atoms in total. The fourth-order valence-corrected chi connectivity index (χ4v) is 1.78. The minimum Gasteiger partial charge on any atom is -0.207 e. The molecule has 0 saturated carbocycles. The quantitative estimate of drug-likeness (QED) is 0.590. The Bertz CT molecular complexity index is 430. The van der Waals surface area contributed by atoms with Crippen LogP contribution in [0.3, 0.4) is 0 Å². The summed E-state index contributed by atoms with van der Waals surface area (Å²) < 4.78 is 26.3. The smallest absolute Gasteiger partial charge is 0.134 e. The van der Waals surface area contributed by atoms with E-state index in [2.05, 4.69) is 13.2 Å². The molecule has 0 unspecified atom stereocenters. The Morgan fingerprint density at radius 2 is 1.79 bits per heavy atom. The van der Waals surface area contributed by atoms with Gasteiger partial charge in [0.25, 0.3) is 0 Å². The summed E-state index contributed by atoms with van der Waals surface area (Å²) in [6, 6.07) is 2.26. The van der Waals surface area contributed by atoms with Crippen LogP contribution in [0.1, 0.15) is 17.5 Å². The average Bonchev–Trinajstić information content (AvgIpc) is 2.10. The van der Waals surface area contributed by atoms with Gasteiger partial charge in [-0.15, -0.1) is 0 Å². The van der Waals surface area contributed by atoms with Gasteiger partial charge in [-0.25, -0.2) is 8.78 Å². The second-order valence-corrected chi connectivity index (χ2v) is 3.50. The van der Waals surface area contributed by atoms with Gasteiger partial charge in [-0.3, -0.25) is 0 Å². The minimum atomic E-state index is -0.536. The molecule has 0 heterocycles. The Balaban J connectivity index is 2.66. The van der Waals surface area contributed by atoms with Crippen molar-refractivity contribution >= 4 is 5.57 Å². The largest absolute Gasteiger partial charge is 0.207 e.